The summed E-state index contributed by atoms with van der Waals surface area (Å²) in [5, 5.41) is 9.18. The monoisotopic (exact) mass is 339 g/mol. The molecular weight excluding hydrogens is 321 g/mol. The molecular formula is C20H18FNO3. The van der Waals surface area contributed by atoms with Gasteiger partial charge < -0.3 is 10.0 Å². The summed E-state index contributed by atoms with van der Waals surface area (Å²) in [5.74, 6) is -1.57. The lowest BCUT2D eigenvalue weighted by Crippen LogP contribution is -2.28. The minimum atomic E-state index is -1.05. The van der Waals surface area contributed by atoms with Gasteiger partial charge in [-0.3, -0.25) is 4.79 Å². The Balaban J connectivity index is 1.81. The molecule has 0 saturated carbocycles. The lowest BCUT2D eigenvalue weighted by Gasteiger charge is -2.18. The highest BCUT2D eigenvalue weighted by atomic mass is 19.1. The molecule has 1 fully saturated rings. The summed E-state index contributed by atoms with van der Waals surface area (Å²) < 4.78 is 13.2. The van der Waals surface area contributed by atoms with Crippen LogP contribution in [0.5, 0.6) is 0 Å². The summed E-state index contributed by atoms with van der Waals surface area (Å²) in [6.45, 7) is 1.01. The highest BCUT2D eigenvalue weighted by molar-refractivity contribution is 5.95. The normalized spacial score (nSPS) is 17.6. The van der Waals surface area contributed by atoms with E-state index in [0.29, 0.717) is 36.2 Å². The lowest BCUT2D eigenvalue weighted by atomic mass is 9.91. The van der Waals surface area contributed by atoms with Gasteiger partial charge in [0.25, 0.3) is 5.91 Å². The number of likely N-dealkylation sites (tertiary alicyclic amines) is 1. The average molecular weight is 339 g/mol. The SMILES string of the molecule is O=C(O)/C=C(\c1ccc(F)cc1)C1CCN(C(=O)c2ccccc2)C1. The summed E-state index contributed by atoms with van der Waals surface area (Å²) in [5.41, 5.74) is 1.91. The third-order valence-corrected chi connectivity index (χ3v) is 4.39. The molecule has 1 unspecified atom stereocenters. The fraction of sp³-hybridized carbons (Fsp3) is 0.200. The molecule has 1 saturated heterocycles. The summed E-state index contributed by atoms with van der Waals surface area (Å²) >= 11 is 0. The molecule has 128 valence electrons. The molecule has 1 aliphatic rings. The second-order valence-corrected chi connectivity index (χ2v) is 6.05. The van der Waals surface area contributed by atoms with Crippen molar-refractivity contribution in [2.45, 2.75) is 6.42 Å². The van der Waals surface area contributed by atoms with Crippen molar-refractivity contribution in [1.29, 1.82) is 0 Å². The van der Waals surface area contributed by atoms with Gasteiger partial charge in [-0.1, -0.05) is 30.3 Å². The number of hydrogen-bond donors (Lipinski definition) is 1. The first-order chi connectivity index (χ1) is 12.0. The van der Waals surface area contributed by atoms with Gasteiger partial charge in [0.2, 0.25) is 0 Å². The van der Waals surface area contributed by atoms with Crippen LogP contribution in [0.15, 0.2) is 60.7 Å². The van der Waals surface area contributed by atoms with Gasteiger partial charge in [0, 0.05) is 30.6 Å². The van der Waals surface area contributed by atoms with Crippen molar-refractivity contribution in [2.75, 3.05) is 13.1 Å². The van der Waals surface area contributed by atoms with E-state index < -0.39 is 5.97 Å². The number of carbonyl (C=O) groups excluding carboxylic acids is 1. The first kappa shape index (κ1) is 16.9. The molecule has 0 aromatic heterocycles. The topological polar surface area (TPSA) is 57.6 Å². The van der Waals surface area contributed by atoms with E-state index in [9.17, 15) is 19.1 Å². The number of amides is 1. The largest absolute Gasteiger partial charge is 0.478 e. The third-order valence-electron chi connectivity index (χ3n) is 4.39. The molecule has 1 N–H and O–H groups in total. The summed E-state index contributed by atoms with van der Waals surface area (Å²) in [7, 11) is 0. The van der Waals surface area contributed by atoms with E-state index >= 15 is 0 Å². The zero-order chi connectivity index (χ0) is 17.8. The maximum absolute atomic E-state index is 13.2. The Morgan fingerprint density at radius 2 is 1.72 bits per heavy atom. The van der Waals surface area contributed by atoms with Crippen LogP contribution in [0.25, 0.3) is 5.57 Å². The van der Waals surface area contributed by atoms with E-state index in [-0.39, 0.29) is 17.6 Å². The molecule has 4 nitrogen and oxygen atoms in total. The Labute approximate surface area is 145 Å². The second-order valence-electron chi connectivity index (χ2n) is 6.05. The van der Waals surface area contributed by atoms with Gasteiger partial charge in [-0.25, -0.2) is 9.18 Å². The Morgan fingerprint density at radius 3 is 2.36 bits per heavy atom. The first-order valence-corrected chi connectivity index (χ1v) is 8.09. The van der Waals surface area contributed by atoms with Gasteiger partial charge >= 0.3 is 5.97 Å². The third kappa shape index (κ3) is 3.94. The Kier molecular flexibility index (Phi) is 4.93. The van der Waals surface area contributed by atoms with Crippen molar-refractivity contribution in [3.63, 3.8) is 0 Å². The van der Waals surface area contributed by atoms with Crippen LogP contribution in [0, 0.1) is 11.7 Å². The smallest absolute Gasteiger partial charge is 0.328 e. The summed E-state index contributed by atoms with van der Waals surface area (Å²) in [6.07, 6.45) is 1.84. The molecule has 1 heterocycles. The maximum atomic E-state index is 13.2. The van der Waals surface area contributed by atoms with Crippen LogP contribution in [0.4, 0.5) is 4.39 Å². The van der Waals surface area contributed by atoms with Gasteiger partial charge in [-0.2, -0.15) is 0 Å². The van der Waals surface area contributed by atoms with Crippen molar-refractivity contribution in [3.05, 3.63) is 77.6 Å². The van der Waals surface area contributed by atoms with Crippen molar-refractivity contribution in [3.8, 4) is 0 Å². The molecule has 0 spiro atoms. The summed E-state index contributed by atoms with van der Waals surface area (Å²) in [4.78, 5) is 25.5. The molecule has 0 bridgehead atoms. The van der Waals surface area contributed by atoms with Gasteiger partial charge in [-0.05, 0) is 41.8 Å². The van der Waals surface area contributed by atoms with Crippen molar-refractivity contribution in [2.24, 2.45) is 5.92 Å². The van der Waals surface area contributed by atoms with Crippen molar-refractivity contribution < 1.29 is 19.1 Å². The second kappa shape index (κ2) is 7.30. The zero-order valence-electron chi connectivity index (χ0n) is 13.6. The predicted molar refractivity (Wildman–Crippen MR) is 92.5 cm³/mol. The van der Waals surface area contributed by atoms with E-state index in [4.69, 9.17) is 0 Å². The molecule has 5 heteroatoms. The van der Waals surface area contributed by atoms with Crippen LogP contribution in [0.3, 0.4) is 0 Å². The van der Waals surface area contributed by atoms with Crippen LogP contribution >= 0.6 is 0 Å². The molecule has 1 atom stereocenters. The molecule has 1 amide bonds. The van der Waals surface area contributed by atoms with E-state index in [1.165, 1.54) is 12.1 Å². The minimum Gasteiger partial charge on any atom is -0.478 e. The molecule has 3 rings (SSSR count). The van der Waals surface area contributed by atoms with Gasteiger partial charge in [0.1, 0.15) is 5.82 Å². The van der Waals surface area contributed by atoms with Gasteiger partial charge in [0.15, 0.2) is 0 Å². The summed E-state index contributed by atoms with van der Waals surface area (Å²) in [6, 6.07) is 14.8. The number of rotatable bonds is 4. The highest BCUT2D eigenvalue weighted by Gasteiger charge is 2.30. The molecule has 25 heavy (non-hydrogen) atoms. The van der Waals surface area contributed by atoms with Crippen LogP contribution in [-0.4, -0.2) is 35.0 Å². The number of carboxylic acid groups (broad SMARTS) is 1. The van der Waals surface area contributed by atoms with Crippen LogP contribution in [0.1, 0.15) is 22.3 Å². The molecule has 1 aliphatic heterocycles. The van der Waals surface area contributed by atoms with Gasteiger partial charge in [-0.15, -0.1) is 0 Å². The van der Waals surface area contributed by atoms with E-state index in [0.717, 1.165) is 6.08 Å². The maximum Gasteiger partial charge on any atom is 0.328 e. The van der Waals surface area contributed by atoms with Crippen LogP contribution in [0.2, 0.25) is 0 Å². The lowest BCUT2D eigenvalue weighted by molar-refractivity contribution is -0.131. The number of carbonyl (C=O) groups is 2. The molecule has 2 aromatic rings. The standard InChI is InChI=1S/C20H18FNO3/c21-17-8-6-14(7-9-17)18(12-19(23)24)16-10-11-22(13-16)20(25)15-4-2-1-3-5-15/h1-9,12,16H,10-11,13H2,(H,23,24)/b18-12+. The number of carboxylic acids is 1. The van der Waals surface area contributed by atoms with Gasteiger partial charge in [0.05, 0.1) is 0 Å². The fourth-order valence-corrected chi connectivity index (χ4v) is 3.17. The number of halogens is 1. The zero-order valence-corrected chi connectivity index (χ0v) is 13.6. The van der Waals surface area contributed by atoms with Crippen molar-refractivity contribution >= 4 is 17.4 Å². The molecule has 2 aromatic carbocycles. The average Bonchev–Trinajstić information content (AvgIpc) is 3.10. The fourth-order valence-electron chi connectivity index (χ4n) is 3.17. The van der Waals surface area contributed by atoms with E-state index in [2.05, 4.69) is 0 Å². The Hall–Kier alpha value is -2.95. The Bertz CT molecular complexity index is 799. The Morgan fingerprint density at radius 1 is 1.04 bits per heavy atom. The number of hydrogen-bond acceptors (Lipinski definition) is 2. The quantitative estimate of drug-likeness (QED) is 0.868. The highest BCUT2D eigenvalue weighted by Crippen LogP contribution is 2.32. The van der Waals surface area contributed by atoms with E-state index in [1.54, 1.807) is 29.2 Å². The van der Waals surface area contributed by atoms with Crippen LogP contribution in [-0.2, 0) is 4.79 Å². The predicted octanol–water partition coefficient (Wildman–Crippen LogP) is 3.46. The minimum absolute atomic E-state index is 0.0584. The van der Waals surface area contributed by atoms with Crippen molar-refractivity contribution in [1.82, 2.24) is 4.90 Å². The van der Waals surface area contributed by atoms with Crippen LogP contribution < -0.4 is 0 Å². The molecule has 0 radical (unpaired) electrons. The number of benzene rings is 2. The van der Waals surface area contributed by atoms with E-state index in [1.807, 2.05) is 18.2 Å². The number of nitrogens with zero attached hydrogens (tertiary/aromatic N) is 1. The first-order valence-electron chi connectivity index (χ1n) is 8.09. The molecule has 0 aliphatic carbocycles. The number of aliphatic carboxylic acids is 1.